The molecule has 1 aromatic heterocycles. The van der Waals surface area contributed by atoms with E-state index in [1.165, 1.54) is 18.2 Å². The van der Waals surface area contributed by atoms with Crippen LogP contribution in [-0.4, -0.2) is 16.6 Å². The number of para-hydroxylation sites is 1. The maximum Gasteiger partial charge on any atom is 0.573 e. The van der Waals surface area contributed by atoms with Gasteiger partial charge in [0.15, 0.2) is 0 Å². The molecule has 1 heterocycles. The van der Waals surface area contributed by atoms with Crippen molar-refractivity contribution in [2.45, 2.75) is 20.2 Å². The monoisotopic (exact) mass is 268 g/mol. The van der Waals surface area contributed by atoms with Gasteiger partial charge in [-0.1, -0.05) is 12.1 Å². The summed E-state index contributed by atoms with van der Waals surface area (Å²) in [7, 11) is 0. The van der Waals surface area contributed by atoms with Gasteiger partial charge in [0.2, 0.25) is 0 Å². The molecule has 3 nitrogen and oxygen atoms in total. The Kier molecular flexibility index (Phi) is 3.42. The van der Waals surface area contributed by atoms with Gasteiger partial charge in [-0.05, 0) is 37.1 Å². The molecule has 100 valence electrons. The van der Waals surface area contributed by atoms with E-state index >= 15 is 0 Å². The number of halogens is 3. The van der Waals surface area contributed by atoms with Crippen LogP contribution in [-0.2, 0) is 0 Å². The highest BCUT2D eigenvalue weighted by molar-refractivity contribution is 5.70. The van der Waals surface area contributed by atoms with Crippen LogP contribution in [0.4, 0.5) is 13.2 Å². The van der Waals surface area contributed by atoms with Gasteiger partial charge in [-0.2, -0.15) is 10.2 Å². The second kappa shape index (κ2) is 4.87. The zero-order chi connectivity index (χ0) is 14.0. The quantitative estimate of drug-likeness (QED) is 0.833. The fourth-order valence-electron chi connectivity index (χ4n) is 1.66. The first kappa shape index (κ1) is 13.3. The van der Waals surface area contributed by atoms with E-state index in [0.717, 1.165) is 11.1 Å². The molecule has 0 saturated carbocycles. The molecule has 0 N–H and O–H groups in total. The summed E-state index contributed by atoms with van der Waals surface area (Å²) in [5, 5.41) is 7.67. The lowest BCUT2D eigenvalue weighted by Gasteiger charge is -2.14. The largest absolute Gasteiger partial charge is 0.573 e. The van der Waals surface area contributed by atoms with Gasteiger partial charge in [0.25, 0.3) is 0 Å². The van der Waals surface area contributed by atoms with Crippen LogP contribution in [0, 0.1) is 13.8 Å². The predicted octanol–water partition coefficient (Wildman–Crippen LogP) is 3.66. The lowest BCUT2D eigenvalue weighted by Crippen LogP contribution is -2.17. The Morgan fingerprint density at radius 2 is 1.79 bits per heavy atom. The fraction of sp³-hybridized carbons (Fsp3) is 0.231. The Morgan fingerprint density at radius 3 is 2.47 bits per heavy atom. The van der Waals surface area contributed by atoms with E-state index in [4.69, 9.17) is 0 Å². The second-order valence-electron chi connectivity index (χ2n) is 4.05. The normalized spacial score (nSPS) is 11.4. The summed E-state index contributed by atoms with van der Waals surface area (Å²) in [6.07, 6.45) is -3.17. The third kappa shape index (κ3) is 3.01. The Balaban J connectivity index is 2.54. The van der Waals surface area contributed by atoms with Crippen molar-refractivity contribution in [1.82, 2.24) is 10.2 Å². The fourth-order valence-corrected chi connectivity index (χ4v) is 1.66. The van der Waals surface area contributed by atoms with Crippen molar-refractivity contribution < 1.29 is 17.9 Å². The van der Waals surface area contributed by atoms with Gasteiger partial charge >= 0.3 is 6.36 Å². The lowest BCUT2D eigenvalue weighted by atomic mass is 10.0. The second-order valence-corrected chi connectivity index (χ2v) is 4.05. The van der Waals surface area contributed by atoms with Gasteiger partial charge in [-0.15, -0.1) is 13.2 Å². The zero-order valence-corrected chi connectivity index (χ0v) is 10.3. The molecule has 0 amide bonds. The molecule has 0 atom stereocenters. The van der Waals surface area contributed by atoms with Gasteiger partial charge in [0.05, 0.1) is 11.9 Å². The van der Waals surface area contributed by atoms with E-state index in [1.807, 2.05) is 6.92 Å². The molecule has 6 heteroatoms. The van der Waals surface area contributed by atoms with Crippen molar-refractivity contribution in [3.63, 3.8) is 0 Å². The van der Waals surface area contributed by atoms with E-state index < -0.39 is 6.36 Å². The summed E-state index contributed by atoms with van der Waals surface area (Å²) in [6, 6.07) is 5.88. The van der Waals surface area contributed by atoms with Crippen LogP contribution >= 0.6 is 0 Å². The van der Waals surface area contributed by atoms with Gasteiger partial charge in [0.1, 0.15) is 5.75 Å². The minimum atomic E-state index is -4.73. The van der Waals surface area contributed by atoms with E-state index in [1.54, 1.807) is 19.2 Å². The SMILES string of the molecule is Cc1cnnc(-c2ccccc2OC(F)(F)F)c1C. The number of benzene rings is 1. The molecule has 0 bridgehead atoms. The van der Waals surface area contributed by atoms with Crippen LogP contribution < -0.4 is 4.74 Å². The summed E-state index contributed by atoms with van der Waals surface area (Å²) in [5.41, 5.74) is 2.29. The molecule has 0 spiro atoms. The van der Waals surface area contributed by atoms with Crippen LogP contribution in [0.3, 0.4) is 0 Å². The summed E-state index contributed by atoms with van der Waals surface area (Å²) < 4.78 is 41.1. The van der Waals surface area contributed by atoms with E-state index in [-0.39, 0.29) is 11.3 Å². The maximum absolute atomic E-state index is 12.4. The first-order valence-corrected chi connectivity index (χ1v) is 5.52. The van der Waals surface area contributed by atoms with E-state index in [0.29, 0.717) is 5.69 Å². The van der Waals surface area contributed by atoms with Crippen molar-refractivity contribution in [2.24, 2.45) is 0 Å². The molecule has 0 unspecified atom stereocenters. The molecule has 0 aliphatic carbocycles. The highest BCUT2D eigenvalue weighted by Crippen LogP contribution is 2.34. The average Bonchev–Trinajstić information content (AvgIpc) is 2.32. The summed E-state index contributed by atoms with van der Waals surface area (Å²) in [4.78, 5) is 0. The summed E-state index contributed by atoms with van der Waals surface area (Å²) in [5.74, 6) is -0.280. The van der Waals surface area contributed by atoms with Gasteiger partial charge < -0.3 is 4.74 Å². The molecule has 0 saturated heterocycles. The van der Waals surface area contributed by atoms with Crippen molar-refractivity contribution in [1.29, 1.82) is 0 Å². The predicted molar refractivity (Wildman–Crippen MR) is 63.6 cm³/mol. The zero-order valence-electron chi connectivity index (χ0n) is 10.3. The molecule has 1 aromatic carbocycles. The third-order valence-corrected chi connectivity index (χ3v) is 2.72. The first-order valence-electron chi connectivity index (χ1n) is 5.52. The average molecular weight is 268 g/mol. The highest BCUT2D eigenvalue weighted by atomic mass is 19.4. The summed E-state index contributed by atoms with van der Waals surface area (Å²) in [6.45, 7) is 3.60. The van der Waals surface area contributed by atoms with Crippen LogP contribution in [0.5, 0.6) is 5.75 Å². The topological polar surface area (TPSA) is 35.0 Å². The number of alkyl halides is 3. The van der Waals surface area contributed by atoms with Crippen LogP contribution in [0.15, 0.2) is 30.5 Å². The standard InChI is InChI=1S/C13H11F3N2O/c1-8-7-17-18-12(9(8)2)10-5-3-4-6-11(10)19-13(14,15)16/h3-7H,1-2H3. The van der Waals surface area contributed by atoms with Crippen molar-refractivity contribution >= 4 is 0 Å². The smallest absolute Gasteiger partial charge is 0.405 e. The number of aryl methyl sites for hydroxylation is 1. The lowest BCUT2D eigenvalue weighted by molar-refractivity contribution is -0.274. The van der Waals surface area contributed by atoms with Crippen molar-refractivity contribution in [3.05, 3.63) is 41.6 Å². The number of nitrogens with zero attached hydrogens (tertiary/aromatic N) is 2. The highest BCUT2D eigenvalue weighted by Gasteiger charge is 2.32. The van der Waals surface area contributed by atoms with Gasteiger partial charge in [-0.3, -0.25) is 0 Å². The Hall–Kier alpha value is -2.11. The Bertz CT molecular complexity index is 597. The molecular formula is C13H11F3N2O. The van der Waals surface area contributed by atoms with Gasteiger partial charge in [0, 0.05) is 5.56 Å². The Morgan fingerprint density at radius 1 is 1.11 bits per heavy atom. The van der Waals surface area contributed by atoms with Crippen molar-refractivity contribution in [2.75, 3.05) is 0 Å². The van der Waals surface area contributed by atoms with E-state index in [9.17, 15) is 13.2 Å². The number of hydrogen-bond donors (Lipinski definition) is 0. The molecule has 0 fully saturated rings. The third-order valence-electron chi connectivity index (χ3n) is 2.72. The van der Waals surface area contributed by atoms with Gasteiger partial charge in [-0.25, -0.2) is 0 Å². The summed E-state index contributed by atoms with van der Waals surface area (Å²) >= 11 is 0. The van der Waals surface area contributed by atoms with Crippen LogP contribution in [0.25, 0.3) is 11.3 Å². The van der Waals surface area contributed by atoms with Crippen LogP contribution in [0.2, 0.25) is 0 Å². The molecule has 2 rings (SSSR count). The molecular weight excluding hydrogens is 257 g/mol. The number of hydrogen-bond acceptors (Lipinski definition) is 3. The molecule has 19 heavy (non-hydrogen) atoms. The van der Waals surface area contributed by atoms with Crippen LogP contribution in [0.1, 0.15) is 11.1 Å². The van der Waals surface area contributed by atoms with Crippen molar-refractivity contribution in [3.8, 4) is 17.0 Å². The molecule has 2 aromatic rings. The number of aromatic nitrogens is 2. The number of rotatable bonds is 2. The first-order chi connectivity index (χ1) is 8.88. The molecule has 0 aliphatic heterocycles. The number of ether oxygens (including phenoxy) is 1. The molecule has 0 aliphatic rings. The van der Waals surface area contributed by atoms with E-state index in [2.05, 4.69) is 14.9 Å². The minimum Gasteiger partial charge on any atom is -0.405 e. The Labute approximate surface area is 108 Å². The minimum absolute atomic E-state index is 0.272. The molecule has 0 radical (unpaired) electrons. The maximum atomic E-state index is 12.4.